The van der Waals surface area contributed by atoms with Gasteiger partial charge in [-0.2, -0.15) is 0 Å². The summed E-state index contributed by atoms with van der Waals surface area (Å²) in [7, 11) is 0. The fourth-order valence-corrected chi connectivity index (χ4v) is 1.79. The van der Waals surface area contributed by atoms with E-state index in [1.165, 1.54) is 0 Å². The number of fused-ring (bicyclic) bond motifs is 1. The molecule has 0 spiro atoms. The molecule has 0 unspecified atom stereocenters. The van der Waals surface area contributed by atoms with Crippen molar-refractivity contribution in [3.05, 3.63) is 42.1 Å². The first kappa shape index (κ1) is 15.4. The van der Waals surface area contributed by atoms with E-state index in [4.69, 9.17) is 10.5 Å². The second-order valence-corrected chi connectivity index (χ2v) is 4.04. The molecule has 1 heterocycles. The zero-order chi connectivity index (χ0) is 13.0. The van der Waals surface area contributed by atoms with Crippen LogP contribution in [0.1, 0.15) is 25.1 Å². The van der Waals surface area contributed by atoms with Gasteiger partial charge in [-0.3, -0.25) is 9.78 Å². The summed E-state index contributed by atoms with van der Waals surface area (Å²) in [5.41, 5.74) is 7.55. The number of nitrogens with two attached hydrogens (primary N) is 1. The number of para-hydroxylation sites is 1. The van der Waals surface area contributed by atoms with Crippen molar-refractivity contribution in [2.24, 2.45) is 5.73 Å². The molecule has 2 rings (SSSR count). The molecule has 5 heteroatoms. The maximum atomic E-state index is 11.4. The van der Waals surface area contributed by atoms with Crippen LogP contribution in [0.5, 0.6) is 0 Å². The summed E-state index contributed by atoms with van der Waals surface area (Å²) in [6.07, 6.45) is 0.152. The summed E-state index contributed by atoms with van der Waals surface area (Å²) >= 11 is 0. The number of halogens is 1. The van der Waals surface area contributed by atoms with Crippen LogP contribution in [0.25, 0.3) is 10.9 Å². The first-order chi connectivity index (χ1) is 8.70. The number of rotatable bonds is 4. The lowest BCUT2D eigenvalue weighted by molar-refractivity contribution is -0.143. The van der Waals surface area contributed by atoms with Crippen LogP contribution in [0.4, 0.5) is 0 Å². The molecule has 2 N–H and O–H groups in total. The number of hydrogen-bond donors (Lipinski definition) is 1. The minimum Gasteiger partial charge on any atom is -0.466 e. The summed E-state index contributed by atoms with van der Waals surface area (Å²) in [5, 5.41) is 1.06. The average Bonchev–Trinajstić information content (AvgIpc) is 2.38. The standard InChI is InChI=1S/C14H16N2O2.ClH/c1-2-18-14(17)9-11(15)13-8-7-10-5-3-4-6-12(10)16-13;/h3-8,11H,2,9,15H2,1H3;1H/t11-;/m0./s1. The maximum Gasteiger partial charge on any atom is 0.307 e. The molecule has 2 aromatic rings. The maximum absolute atomic E-state index is 11.4. The molecule has 0 saturated heterocycles. The van der Waals surface area contributed by atoms with Gasteiger partial charge >= 0.3 is 5.97 Å². The number of pyridine rings is 1. The highest BCUT2D eigenvalue weighted by Crippen LogP contribution is 2.17. The lowest BCUT2D eigenvalue weighted by atomic mass is 10.1. The zero-order valence-electron chi connectivity index (χ0n) is 10.7. The Kier molecular flexibility index (Phi) is 5.73. The Morgan fingerprint density at radius 1 is 1.32 bits per heavy atom. The molecular weight excluding hydrogens is 264 g/mol. The van der Waals surface area contributed by atoms with Gasteiger partial charge in [0.2, 0.25) is 0 Å². The molecule has 0 amide bonds. The number of ether oxygens (including phenoxy) is 1. The minimum absolute atomic E-state index is 0. The van der Waals surface area contributed by atoms with Crippen LogP contribution < -0.4 is 5.73 Å². The third-order valence-electron chi connectivity index (χ3n) is 2.69. The van der Waals surface area contributed by atoms with Gasteiger partial charge in [-0.15, -0.1) is 12.4 Å². The lowest BCUT2D eigenvalue weighted by Gasteiger charge is -2.11. The molecule has 0 radical (unpaired) electrons. The van der Waals surface area contributed by atoms with Crippen LogP contribution in [-0.4, -0.2) is 17.6 Å². The van der Waals surface area contributed by atoms with Gasteiger partial charge in [0.15, 0.2) is 0 Å². The van der Waals surface area contributed by atoms with Crippen LogP contribution >= 0.6 is 12.4 Å². The van der Waals surface area contributed by atoms with Gasteiger partial charge in [-0.25, -0.2) is 0 Å². The largest absolute Gasteiger partial charge is 0.466 e. The number of carbonyl (C=O) groups excluding carboxylic acids is 1. The Hall–Kier alpha value is -1.65. The van der Waals surface area contributed by atoms with Crippen LogP contribution in [0.3, 0.4) is 0 Å². The highest BCUT2D eigenvalue weighted by Gasteiger charge is 2.13. The normalized spacial score (nSPS) is 11.7. The van der Waals surface area contributed by atoms with E-state index in [9.17, 15) is 4.79 Å². The predicted molar refractivity (Wildman–Crippen MR) is 77.2 cm³/mol. The summed E-state index contributed by atoms with van der Waals surface area (Å²) in [6, 6.07) is 11.2. The highest BCUT2D eigenvalue weighted by atomic mass is 35.5. The van der Waals surface area contributed by atoms with Crippen molar-refractivity contribution in [3.63, 3.8) is 0 Å². The summed E-state index contributed by atoms with van der Waals surface area (Å²) in [5.74, 6) is -0.292. The quantitative estimate of drug-likeness (QED) is 0.875. The van der Waals surface area contributed by atoms with Crippen LogP contribution in [-0.2, 0) is 9.53 Å². The number of esters is 1. The molecule has 102 valence electrons. The van der Waals surface area contributed by atoms with Crippen LogP contribution in [0, 0.1) is 0 Å². The molecule has 1 aromatic carbocycles. The molecular formula is C14H17ClN2O2. The summed E-state index contributed by atoms with van der Waals surface area (Å²) < 4.78 is 4.87. The number of aromatic nitrogens is 1. The molecule has 19 heavy (non-hydrogen) atoms. The number of carbonyl (C=O) groups is 1. The van der Waals surface area contributed by atoms with Crippen molar-refractivity contribution in [1.29, 1.82) is 0 Å². The van der Waals surface area contributed by atoms with Gasteiger partial charge in [0.1, 0.15) is 0 Å². The van der Waals surface area contributed by atoms with Gasteiger partial charge in [-0.05, 0) is 19.1 Å². The van der Waals surface area contributed by atoms with Crippen molar-refractivity contribution in [3.8, 4) is 0 Å². The molecule has 4 nitrogen and oxygen atoms in total. The van der Waals surface area contributed by atoms with E-state index in [2.05, 4.69) is 4.98 Å². The fraction of sp³-hybridized carbons (Fsp3) is 0.286. The highest BCUT2D eigenvalue weighted by molar-refractivity contribution is 5.85. The lowest BCUT2D eigenvalue weighted by Crippen LogP contribution is -2.18. The molecule has 0 fully saturated rings. The fourth-order valence-electron chi connectivity index (χ4n) is 1.79. The Balaban J connectivity index is 0.00000180. The molecule has 1 aromatic heterocycles. The third kappa shape index (κ3) is 3.91. The smallest absolute Gasteiger partial charge is 0.307 e. The van der Waals surface area contributed by atoms with Crippen molar-refractivity contribution >= 4 is 29.3 Å². The second-order valence-electron chi connectivity index (χ2n) is 4.04. The van der Waals surface area contributed by atoms with Crippen molar-refractivity contribution in [2.45, 2.75) is 19.4 Å². The molecule has 0 aliphatic heterocycles. The van der Waals surface area contributed by atoms with Gasteiger partial charge in [0, 0.05) is 5.39 Å². The molecule has 0 saturated carbocycles. The SMILES string of the molecule is CCOC(=O)C[C@H](N)c1ccc2ccccc2n1.Cl. The molecule has 0 bridgehead atoms. The molecule has 1 atom stereocenters. The Labute approximate surface area is 118 Å². The summed E-state index contributed by atoms with van der Waals surface area (Å²) in [6.45, 7) is 2.15. The van der Waals surface area contributed by atoms with Gasteiger partial charge in [-0.1, -0.05) is 24.3 Å². The van der Waals surface area contributed by atoms with E-state index in [1.54, 1.807) is 6.92 Å². The third-order valence-corrected chi connectivity index (χ3v) is 2.69. The van der Waals surface area contributed by atoms with Crippen molar-refractivity contribution < 1.29 is 9.53 Å². The van der Waals surface area contributed by atoms with E-state index >= 15 is 0 Å². The van der Waals surface area contributed by atoms with Gasteiger partial charge < -0.3 is 10.5 Å². The van der Waals surface area contributed by atoms with Gasteiger partial charge in [0.25, 0.3) is 0 Å². The molecule has 0 aliphatic carbocycles. The number of hydrogen-bond acceptors (Lipinski definition) is 4. The first-order valence-electron chi connectivity index (χ1n) is 5.97. The van der Waals surface area contributed by atoms with Crippen LogP contribution in [0.15, 0.2) is 36.4 Å². The summed E-state index contributed by atoms with van der Waals surface area (Å²) in [4.78, 5) is 15.8. The first-order valence-corrected chi connectivity index (χ1v) is 5.97. The van der Waals surface area contributed by atoms with Crippen LogP contribution in [0.2, 0.25) is 0 Å². The molecule has 0 aliphatic rings. The topological polar surface area (TPSA) is 65.2 Å². The van der Waals surface area contributed by atoms with Gasteiger partial charge in [0.05, 0.1) is 30.3 Å². The van der Waals surface area contributed by atoms with E-state index in [0.717, 1.165) is 10.9 Å². The monoisotopic (exact) mass is 280 g/mol. The number of benzene rings is 1. The second kappa shape index (κ2) is 7.07. The van der Waals surface area contributed by atoms with E-state index in [1.807, 2.05) is 36.4 Å². The Morgan fingerprint density at radius 2 is 2.05 bits per heavy atom. The Morgan fingerprint density at radius 3 is 2.79 bits per heavy atom. The Bertz CT molecular complexity index is 560. The van der Waals surface area contributed by atoms with E-state index in [-0.39, 0.29) is 24.8 Å². The predicted octanol–water partition coefficient (Wildman–Crippen LogP) is 2.61. The minimum atomic E-state index is -0.423. The van der Waals surface area contributed by atoms with E-state index in [0.29, 0.717) is 12.3 Å². The number of nitrogens with zero attached hydrogens (tertiary/aromatic N) is 1. The average molecular weight is 281 g/mol. The zero-order valence-corrected chi connectivity index (χ0v) is 11.5. The van der Waals surface area contributed by atoms with E-state index < -0.39 is 6.04 Å². The van der Waals surface area contributed by atoms with Crippen molar-refractivity contribution in [2.75, 3.05) is 6.61 Å². The van der Waals surface area contributed by atoms with Crippen molar-refractivity contribution in [1.82, 2.24) is 4.98 Å².